The van der Waals surface area contributed by atoms with Gasteiger partial charge >= 0.3 is 11.9 Å². The largest absolute Gasteiger partial charge is 0.451 e. The van der Waals surface area contributed by atoms with Crippen LogP contribution in [0.3, 0.4) is 0 Å². The molecular formula is C14H17IO4. The quantitative estimate of drug-likeness (QED) is 0.342. The van der Waals surface area contributed by atoms with Crippen LogP contribution in [0.2, 0.25) is 0 Å². The molecule has 0 radical (unpaired) electrons. The molecule has 19 heavy (non-hydrogen) atoms. The Labute approximate surface area is 126 Å². The zero-order valence-electron chi connectivity index (χ0n) is 11.2. The van der Waals surface area contributed by atoms with Crippen molar-refractivity contribution in [2.24, 2.45) is 11.8 Å². The van der Waals surface area contributed by atoms with E-state index < -0.39 is 5.97 Å². The van der Waals surface area contributed by atoms with Crippen LogP contribution in [0.25, 0.3) is 0 Å². The van der Waals surface area contributed by atoms with Gasteiger partial charge in [0.05, 0.1) is 11.5 Å². The summed E-state index contributed by atoms with van der Waals surface area (Å²) >= 11 is 1.95. The van der Waals surface area contributed by atoms with Crippen LogP contribution in [-0.2, 0) is 9.53 Å². The molecule has 0 saturated heterocycles. The van der Waals surface area contributed by atoms with Crippen molar-refractivity contribution in [1.82, 2.24) is 0 Å². The summed E-state index contributed by atoms with van der Waals surface area (Å²) in [6, 6.07) is 6.44. The van der Waals surface area contributed by atoms with Gasteiger partial charge < -0.3 is 9.47 Å². The number of esters is 2. The van der Waals surface area contributed by atoms with E-state index in [1.54, 1.807) is 18.2 Å². The highest BCUT2D eigenvalue weighted by Crippen LogP contribution is 2.18. The van der Waals surface area contributed by atoms with Crippen LogP contribution < -0.4 is 4.74 Å². The molecule has 0 saturated carbocycles. The smallest absolute Gasteiger partial charge is 0.339 e. The molecule has 0 N–H and O–H groups in total. The normalized spacial score (nSPS) is 12.1. The van der Waals surface area contributed by atoms with Crippen LogP contribution in [0.4, 0.5) is 0 Å². The molecular weight excluding hydrogens is 359 g/mol. The second kappa shape index (κ2) is 7.47. The van der Waals surface area contributed by atoms with Gasteiger partial charge in [0.1, 0.15) is 10.4 Å². The van der Waals surface area contributed by atoms with Crippen molar-refractivity contribution in [2.45, 2.75) is 20.8 Å². The highest BCUT2D eigenvalue weighted by atomic mass is 127. The van der Waals surface area contributed by atoms with Gasteiger partial charge in [-0.2, -0.15) is 0 Å². The number of hydrogen-bond donors (Lipinski definition) is 0. The summed E-state index contributed by atoms with van der Waals surface area (Å²) < 4.78 is 10.4. The first kappa shape index (κ1) is 15.9. The number of alkyl halides is 1. The Morgan fingerprint density at radius 2 is 1.95 bits per heavy atom. The first-order chi connectivity index (χ1) is 8.95. The topological polar surface area (TPSA) is 52.6 Å². The standard InChI is InChI=1S/C14H17IO4/c1-9(2)10(3)13(16)19-12-6-4-5-11(7-12)14(17)18-8-15/h4-7,9-10H,8H2,1-3H3. The average Bonchev–Trinajstić information content (AvgIpc) is 2.38. The monoisotopic (exact) mass is 376 g/mol. The molecule has 0 aliphatic carbocycles. The Morgan fingerprint density at radius 3 is 2.53 bits per heavy atom. The Hall–Kier alpha value is -1.11. The second-order valence-corrected chi connectivity index (χ2v) is 5.15. The summed E-state index contributed by atoms with van der Waals surface area (Å²) in [6.45, 7) is 5.74. The second-order valence-electron chi connectivity index (χ2n) is 4.52. The molecule has 4 nitrogen and oxygen atoms in total. The fourth-order valence-electron chi connectivity index (χ4n) is 1.30. The zero-order valence-corrected chi connectivity index (χ0v) is 13.3. The molecule has 0 aliphatic heterocycles. The van der Waals surface area contributed by atoms with Crippen molar-refractivity contribution < 1.29 is 19.1 Å². The highest BCUT2D eigenvalue weighted by Gasteiger charge is 2.19. The molecule has 0 fully saturated rings. The third-order valence-corrected chi connectivity index (χ3v) is 3.16. The van der Waals surface area contributed by atoms with Gasteiger partial charge in [-0.1, -0.05) is 26.8 Å². The maximum Gasteiger partial charge on any atom is 0.339 e. The Kier molecular flexibility index (Phi) is 6.27. The summed E-state index contributed by atoms with van der Waals surface area (Å²) in [5.74, 6) is -0.344. The van der Waals surface area contributed by atoms with E-state index >= 15 is 0 Å². The molecule has 1 atom stereocenters. The van der Waals surface area contributed by atoms with Crippen molar-refractivity contribution in [3.05, 3.63) is 29.8 Å². The molecule has 0 spiro atoms. The Bertz CT molecular complexity index is 457. The number of carbonyl (C=O) groups is 2. The molecule has 0 aromatic heterocycles. The lowest BCUT2D eigenvalue weighted by Crippen LogP contribution is -2.22. The SMILES string of the molecule is CC(C)C(C)C(=O)Oc1cccc(C(=O)OCI)c1. The van der Waals surface area contributed by atoms with E-state index in [4.69, 9.17) is 9.47 Å². The number of rotatable bonds is 5. The number of ether oxygens (including phenoxy) is 2. The van der Waals surface area contributed by atoms with Crippen molar-refractivity contribution >= 4 is 34.5 Å². The van der Waals surface area contributed by atoms with E-state index in [1.165, 1.54) is 6.07 Å². The van der Waals surface area contributed by atoms with E-state index in [0.29, 0.717) is 11.3 Å². The first-order valence-corrected chi connectivity index (χ1v) is 7.53. The molecule has 1 rings (SSSR count). The average molecular weight is 376 g/mol. The minimum Gasteiger partial charge on any atom is -0.451 e. The maximum atomic E-state index is 11.8. The summed E-state index contributed by atoms with van der Waals surface area (Å²) in [6.07, 6.45) is 0. The zero-order chi connectivity index (χ0) is 14.4. The van der Waals surface area contributed by atoms with E-state index in [1.807, 2.05) is 43.4 Å². The Morgan fingerprint density at radius 1 is 1.26 bits per heavy atom. The van der Waals surface area contributed by atoms with Gasteiger partial charge in [-0.05, 0) is 46.7 Å². The highest BCUT2D eigenvalue weighted by molar-refractivity contribution is 14.1. The third kappa shape index (κ3) is 4.81. The molecule has 0 bridgehead atoms. The molecule has 0 aliphatic rings. The third-order valence-electron chi connectivity index (χ3n) is 2.85. The summed E-state index contributed by atoms with van der Waals surface area (Å²) in [5.41, 5.74) is 0.374. The molecule has 5 heteroatoms. The van der Waals surface area contributed by atoms with Crippen LogP contribution in [0.15, 0.2) is 24.3 Å². The minimum absolute atomic E-state index is 0.190. The Balaban J connectivity index is 2.77. The lowest BCUT2D eigenvalue weighted by Gasteiger charge is -2.14. The van der Waals surface area contributed by atoms with Gasteiger partial charge in [-0.25, -0.2) is 4.79 Å². The fraction of sp³-hybridized carbons (Fsp3) is 0.429. The number of hydrogen-bond acceptors (Lipinski definition) is 4. The minimum atomic E-state index is -0.427. The molecule has 1 aromatic rings. The van der Waals surface area contributed by atoms with Gasteiger partial charge in [-0.15, -0.1) is 0 Å². The van der Waals surface area contributed by atoms with Crippen molar-refractivity contribution in [3.63, 3.8) is 0 Å². The number of halogens is 1. The fourth-order valence-corrected chi connectivity index (χ4v) is 1.58. The van der Waals surface area contributed by atoms with Gasteiger partial charge in [-0.3, -0.25) is 4.79 Å². The molecule has 0 heterocycles. The predicted octanol–water partition coefficient (Wildman–Crippen LogP) is 3.43. The lowest BCUT2D eigenvalue weighted by atomic mass is 9.99. The van der Waals surface area contributed by atoms with Crippen LogP contribution in [-0.4, -0.2) is 16.6 Å². The van der Waals surface area contributed by atoms with E-state index in [-0.39, 0.29) is 22.4 Å². The maximum absolute atomic E-state index is 11.8. The van der Waals surface area contributed by atoms with Crippen LogP contribution in [0.5, 0.6) is 5.75 Å². The summed E-state index contributed by atoms with van der Waals surface area (Å²) in [4.78, 5) is 23.4. The van der Waals surface area contributed by atoms with Gasteiger partial charge in [0, 0.05) is 0 Å². The summed E-state index contributed by atoms with van der Waals surface area (Å²) in [5, 5.41) is 0. The van der Waals surface area contributed by atoms with Crippen molar-refractivity contribution in [1.29, 1.82) is 0 Å². The van der Waals surface area contributed by atoms with E-state index in [9.17, 15) is 9.59 Å². The number of carbonyl (C=O) groups excluding carboxylic acids is 2. The van der Waals surface area contributed by atoms with Gasteiger partial charge in [0.2, 0.25) is 0 Å². The lowest BCUT2D eigenvalue weighted by molar-refractivity contribution is -0.139. The first-order valence-electron chi connectivity index (χ1n) is 6.00. The summed E-state index contributed by atoms with van der Waals surface area (Å²) in [7, 11) is 0. The van der Waals surface area contributed by atoms with Gasteiger partial charge in [0.15, 0.2) is 0 Å². The van der Waals surface area contributed by atoms with Crippen molar-refractivity contribution in [3.8, 4) is 5.75 Å². The van der Waals surface area contributed by atoms with Gasteiger partial charge in [0.25, 0.3) is 0 Å². The van der Waals surface area contributed by atoms with E-state index in [2.05, 4.69) is 0 Å². The van der Waals surface area contributed by atoms with E-state index in [0.717, 1.165) is 0 Å². The van der Waals surface area contributed by atoms with Crippen LogP contribution in [0.1, 0.15) is 31.1 Å². The molecule has 104 valence electrons. The van der Waals surface area contributed by atoms with Crippen LogP contribution in [0, 0.1) is 11.8 Å². The van der Waals surface area contributed by atoms with Crippen LogP contribution >= 0.6 is 22.6 Å². The number of benzene rings is 1. The molecule has 0 amide bonds. The molecule has 1 unspecified atom stereocenters. The van der Waals surface area contributed by atoms with Crippen molar-refractivity contribution in [2.75, 3.05) is 4.61 Å². The molecule has 1 aromatic carbocycles. The predicted molar refractivity (Wildman–Crippen MR) is 80.4 cm³/mol.